The maximum Gasteiger partial charge on any atom is 0.248 e. The predicted molar refractivity (Wildman–Crippen MR) is 114 cm³/mol. The van der Waals surface area contributed by atoms with Crippen molar-refractivity contribution in [2.75, 3.05) is 5.75 Å². The Morgan fingerprint density at radius 1 is 1.07 bits per heavy atom. The number of aromatic nitrogens is 1. The predicted octanol–water partition coefficient (Wildman–Crippen LogP) is 4.25. The Morgan fingerprint density at radius 3 is 2.54 bits per heavy atom. The molecule has 5 nitrogen and oxygen atoms in total. The van der Waals surface area contributed by atoms with Crippen molar-refractivity contribution >= 4 is 46.5 Å². The van der Waals surface area contributed by atoms with Crippen LogP contribution in [0.2, 0.25) is 5.02 Å². The van der Waals surface area contributed by atoms with Gasteiger partial charge in [-0.05, 0) is 25.1 Å². The summed E-state index contributed by atoms with van der Waals surface area (Å²) in [5, 5.41) is 3.19. The Morgan fingerprint density at radius 2 is 1.79 bits per heavy atom. The first-order valence-electron chi connectivity index (χ1n) is 8.48. The Bertz CT molecular complexity index is 974. The van der Waals surface area contributed by atoms with E-state index in [9.17, 15) is 9.59 Å². The molecule has 0 saturated carbocycles. The minimum Gasteiger partial charge on any atom is -0.273 e. The third-order valence-electron chi connectivity index (χ3n) is 3.73. The van der Waals surface area contributed by atoms with Gasteiger partial charge in [0, 0.05) is 15.8 Å². The smallest absolute Gasteiger partial charge is 0.248 e. The van der Waals surface area contributed by atoms with Gasteiger partial charge in [-0.3, -0.25) is 20.4 Å². The molecule has 3 aromatic rings. The fourth-order valence-electron chi connectivity index (χ4n) is 2.31. The molecule has 0 aliphatic heterocycles. The normalized spacial score (nSPS) is 10.5. The molecule has 0 aliphatic carbocycles. The molecule has 0 bridgehead atoms. The maximum absolute atomic E-state index is 12.0. The summed E-state index contributed by atoms with van der Waals surface area (Å²) in [6.45, 7) is 2.01. The third kappa shape index (κ3) is 5.82. The number of hydrogen-bond acceptors (Lipinski definition) is 5. The fraction of sp³-hybridized carbons (Fsp3) is 0.150. The second-order valence-corrected chi connectivity index (χ2v) is 8.31. The number of halogens is 1. The van der Waals surface area contributed by atoms with Crippen LogP contribution in [0.4, 0.5) is 0 Å². The van der Waals surface area contributed by atoms with Gasteiger partial charge in [-0.1, -0.05) is 47.5 Å². The summed E-state index contributed by atoms with van der Waals surface area (Å²) in [5.41, 5.74) is 7.48. The van der Waals surface area contributed by atoms with E-state index in [1.54, 1.807) is 6.07 Å². The SMILES string of the molecule is Cc1ccc(SCC(=O)NNC(=O)Cc2csc(-c3ccccc3Cl)n2)cc1. The van der Waals surface area contributed by atoms with Crippen molar-refractivity contribution in [2.45, 2.75) is 18.2 Å². The van der Waals surface area contributed by atoms with Crippen molar-refractivity contribution in [2.24, 2.45) is 0 Å². The molecule has 2 aromatic carbocycles. The minimum atomic E-state index is -0.329. The molecule has 1 aromatic heterocycles. The number of nitrogens with zero attached hydrogens (tertiary/aromatic N) is 1. The Hall–Kier alpha value is -2.35. The van der Waals surface area contributed by atoms with Crippen molar-refractivity contribution in [3.05, 3.63) is 70.2 Å². The van der Waals surface area contributed by atoms with Crippen molar-refractivity contribution < 1.29 is 9.59 Å². The highest BCUT2D eigenvalue weighted by molar-refractivity contribution is 8.00. The average molecular weight is 432 g/mol. The number of thioether (sulfide) groups is 1. The van der Waals surface area contributed by atoms with E-state index in [0.717, 1.165) is 15.5 Å². The molecule has 2 amide bonds. The van der Waals surface area contributed by atoms with Gasteiger partial charge in [0.05, 0.1) is 22.9 Å². The summed E-state index contributed by atoms with van der Waals surface area (Å²) >= 11 is 9.01. The molecule has 144 valence electrons. The number of rotatable bonds is 6. The first-order chi connectivity index (χ1) is 13.5. The van der Waals surface area contributed by atoms with Crippen LogP contribution in [0, 0.1) is 6.92 Å². The van der Waals surface area contributed by atoms with Crippen molar-refractivity contribution in [3.8, 4) is 10.6 Å². The zero-order valence-electron chi connectivity index (χ0n) is 15.1. The van der Waals surface area contributed by atoms with E-state index >= 15 is 0 Å². The molecule has 8 heteroatoms. The summed E-state index contributed by atoms with van der Waals surface area (Å²) in [6, 6.07) is 15.3. The second kappa shape index (κ2) is 9.73. The number of carbonyl (C=O) groups is 2. The highest BCUT2D eigenvalue weighted by Crippen LogP contribution is 2.30. The molecule has 0 fully saturated rings. The van der Waals surface area contributed by atoms with E-state index in [-0.39, 0.29) is 24.0 Å². The van der Waals surface area contributed by atoms with Crippen LogP contribution in [0.15, 0.2) is 58.8 Å². The van der Waals surface area contributed by atoms with Gasteiger partial charge in [0.25, 0.3) is 0 Å². The highest BCUT2D eigenvalue weighted by Gasteiger charge is 2.12. The van der Waals surface area contributed by atoms with Crippen LogP contribution in [0.25, 0.3) is 10.6 Å². The van der Waals surface area contributed by atoms with Gasteiger partial charge < -0.3 is 0 Å². The fourth-order valence-corrected chi connectivity index (χ4v) is 4.15. The number of carbonyl (C=O) groups excluding carboxylic acids is 2. The first kappa shape index (κ1) is 20.4. The summed E-state index contributed by atoms with van der Waals surface area (Å²) in [7, 11) is 0. The van der Waals surface area contributed by atoms with Crippen LogP contribution < -0.4 is 10.9 Å². The van der Waals surface area contributed by atoms with Crippen molar-refractivity contribution in [1.29, 1.82) is 0 Å². The van der Waals surface area contributed by atoms with E-state index in [1.165, 1.54) is 28.7 Å². The molecule has 0 saturated heterocycles. The van der Waals surface area contributed by atoms with E-state index in [2.05, 4.69) is 15.8 Å². The molecule has 0 aliphatic rings. The van der Waals surface area contributed by atoms with Crippen LogP contribution in [0.1, 0.15) is 11.3 Å². The standard InChI is InChI=1S/C20H18ClN3O2S2/c1-13-6-8-15(9-7-13)27-12-19(26)24-23-18(25)10-14-11-28-20(22-14)16-4-2-3-5-17(16)21/h2-9,11H,10,12H2,1H3,(H,23,25)(H,24,26). The van der Waals surface area contributed by atoms with Gasteiger partial charge in [0.1, 0.15) is 5.01 Å². The van der Waals surface area contributed by atoms with E-state index in [1.807, 2.05) is 54.8 Å². The third-order valence-corrected chi connectivity index (χ3v) is 6.00. The van der Waals surface area contributed by atoms with E-state index in [4.69, 9.17) is 11.6 Å². The average Bonchev–Trinajstić information content (AvgIpc) is 3.14. The summed E-state index contributed by atoms with van der Waals surface area (Å²) in [5.74, 6) is -0.380. The van der Waals surface area contributed by atoms with E-state index < -0.39 is 0 Å². The Kier molecular flexibility index (Phi) is 7.08. The summed E-state index contributed by atoms with van der Waals surface area (Å²) < 4.78 is 0. The zero-order valence-corrected chi connectivity index (χ0v) is 17.5. The van der Waals surface area contributed by atoms with Gasteiger partial charge in [-0.2, -0.15) is 0 Å². The quantitative estimate of drug-likeness (QED) is 0.452. The maximum atomic E-state index is 12.0. The van der Waals surface area contributed by atoms with Gasteiger partial charge in [0.15, 0.2) is 0 Å². The number of hydrogen-bond donors (Lipinski definition) is 2. The molecule has 0 radical (unpaired) electrons. The lowest BCUT2D eigenvalue weighted by Crippen LogP contribution is -2.43. The molecule has 2 N–H and O–H groups in total. The molecule has 28 heavy (non-hydrogen) atoms. The van der Waals surface area contributed by atoms with Crippen molar-refractivity contribution in [1.82, 2.24) is 15.8 Å². The van der Waals surface area contributed by atoms with Gasteiger partial charge in [0.2, 0.25) is 11.8 Å². The zero-order chi connectivity index (χ0) is 19.9. The lowest BCUT2D eigenvalue weighted by atomic mass is 10.2. The van der Waals surface area contributed by atoms with Gasteiger partial charge in [-0.15, -0.1) is 23.1 Å². The van der Waals surface area contributed by atoms with Crippen LogP contribution in [-0.2, 0) is 16.0 Å². The lowest BCUT2D eigenvalue weighted by molar-refractivity contribution is -0.127. The number of nitrogens with one attached hydrogen (secondary N) is 2. The lowest BCUT2D eigenvalue weighted by Gasteiger charge is -2.06. The van der Waals surface area contributed by atoms with Gasteiger partial charge >= 0.3 is 0 Å². The second-order valence-electron chi connectivity index (χ2n) is 6.00. The summed E-state index contributed by atoms with van der Waals surface area (Å²) in [6.07, 6.45) is 0.0757. The number of thiazole rings is 1. The molecule has 0 atom stereocenters. The Balaban J connectivity index is 1.45. The molecular weight excluding hydrogens is 414 g/mol. The largest absolute Gasteiger partial charge is 0.273 e. The molecule has 3 rings (SSSR count). The number of aryl methyl sites for hydroxylation is 1. The topological polar surface area (TPSA) is 71.1 Å². The number of benzene rings is 2. The Labute approximate surface area is 176 Å². The molecule has 0 spiro atoms. The van der Waals surface area contributed by atoms with Crippen LogP contribution >= 0.6 is 34.7 Å². The highest BCUT2D eigenvalue weighted by atomic mass is 35.5. The van der Waals surface area contributed by atoms with Crippen LogP contribution in [0.5, 0.6) is 0 Å². The number of amides is 2. The van der Waals surface area contributed by atoms with E-state index in [0.29, 0.717) is 10.7 Å². The van der Waals surface area contributed by atoms with Crippen molar-refractivity contribution in [3.63, 3.8) is 0 Å². The molecule has 0 unspecified atom stereocenters. The molecular formula is C20H18ClN3O2S2. The van der Waals surface area contributed by atoms with Gasteiger partial charge in [-0.25, -0.2) is 4.98 Å². The number of hydrazine groups is 1. The monoisotopic (exact) mass is 431 g/mol. The summed E-state index contributed by atoms with van der Waals surface area (Å²) in [4.78, 5) is 29.4. The first-order valence-corrected chi connectivity index (χ1v) is 10.7. The minimum absolute atomic E-state index is 0.0757. The van der Waals surface area contributed by atoms with Crippen LogP contribution in [0.3, 0.4) is 0 Å². The van der Waals surface area contributed by atoms with Crippen LogP contribution in [-0.4, -0.2) is 22.6 Å². The molecule has 1 heterocycles.